The molecule has 0 aliphatic rings. The van der Waals surface area contributed by atoms with E-state index < -0.39 is 28.5 Å². The number of carbonyl (C=O) groups is 2. The van der Waals surface area contributed by atoms with E-state index in [-0.39, 0.29) is 10.5 Å². The number of sulfonamides is 1. The largest absolute Gasteiger partial charge is 0.452 e. The highest BCUT2D eigenvalue weighted by atomic mass is 35.5. The molecule has 28 heavy (non-hydrogen) atoms. The fraction of sp³-hybridized carbons (Fsp3) is 0.263. The maximum atomic E-state index is 12.4. The van der Waals surface area contributed by atoms with Gasteiger partial charge in [-0.2, -0.15) is 4.31 Å². The second kappa shape index (κ2) is 9.68. The second-order valence-corrected chi connectivity index (χ2v) is 8.12. The van der Waals surface area contributed by atoms with Crippen molar-refractivity contribution in [2.45, 2.75) is 18.7 Å². The highest BCUT2D eigenvalue weighted by Gasteiger charge is 2.22. The molecule has 9 heteroatoms. The van der Waals surface area contributed by atoms with Crippen molar-refractivity contribution in [3.05, 3.63) is 59.1 Å². The molecule has 150 valence electrons. The number of ether oxygens (including phenoxy) is 1. The van der Waals surface area contributed by atoms with E-state index in [1.54, 1.807) is 38.1 Å². The molecule has 0 saturated heterocycles. The van der Waals surface area contributed by atoms with Crippen LogP contribution in [0.2, 0.25) is 5.02 Å². The first-order valence-electron chi connectivity index (χ1n) is 8.60. The molecule has 0 unspecified atom stereocenters. The molecule has 0 bridgehead atoms. The zero-order valence-corrected chi connectivity index (χ0v) is 17.1. The Kier molecular flexibility index (Phi) is 7.56. The quantitative estimate of drug-likeness (QED) is 0.657. The van der Waals surface area contributed by atoms with E-state index in [1.807, 2.05) is 0 Å². The summed E-state index contributed by atoms with van der Waals surface area (Å²) in [5.41, 5.74) is 0.675. The number of nitrogens with zero attached hydrogens (tertiary/aromatic N) is 1. The molecule has 7 nitrogen and oxygen atoms in total. The zero-order chi connectivity index (χ0) is 20.7. The SMILES string of the molecule is CCN(CC)S(=O)(=O)c1ccc(C(=O)OCC(=O)Nc2ccc(Cl)cc2)cc1. The Morgan fingerprint density at radius 1 is 1.00 bits per heavy atom. The highest BCUT2D eigenvalue weighted by Crippen LogP contribution is 2.17. The van der Waals surface area contributed by atoms with Gasteiger partial charge < -0.3 is 10.1 Å². The molecular weight excluding hydrogens is 404 g/mol. The summed E-state index contributed by atoms with van der Waals surface area (Å²) in [5, 5.41) is 3.11. The highest BCUT2D eigenvalue weighted by molar-refractivity contribution is 7.89. The standard InChI is InChI=1S/C19H21ClN2O5S/c1-3-22(4-2)28(25,26)17-11-5-14(6-12-17)19(24)27-13-18(23)21-16-9-7-15(20)8-10-16/h5-12H,3-4,13H2,1-2H3,(H,21,23). The molecule has 0 aliphatic heterocycles. The van der Waals surface area contributed by atoms with Gasteiger partial charge in [0.05, 0.1) is 10.5 Å². The number of hydrogen-bond donors (Lipinski definition) is 1. The molecule has 1 N–H and O–H groups in total. The van der Waals surface area contributed by atoms with Gasteiger partial charge in [0.1, 0.15) is 0 Å². The summed E-state index contributed by atoms with van der Waals surface area (Å²) in [6.07, 6.45) is 0. The lowest BCUT2D eigenvalue weighted by atomic mass is 10.2. The van der Waals surface area contributed by atoms with Crippen LogP contribution in [0, 0.1) is 0 Å². The average Bonchev–Trinajstić information content (AvgIpc) is 2.68. The Bertz CT molecular complexity index is 924. The molecule has 2 aromatic carbocycles. The Hall–Kier alpha value is -2.42. The number of rotatable bonds is 8. The van der Waals surface area contributed by atoms with Crippen molar-refractivity contribution in [2.75, 3.05) is 25.0 Å². The molecule has 0 saturated carbocycles. The summed E-state index contributed by atoms with van der Waals surface area (Å²) in [4.78, 5) is 24.0. The smallest absolute Gasteiger partial charge is 0.338 e. The predicted molar refractivity (Wildman–Crippen MR) is 107 cm³/mol. The number of halogens is 1. The van der Waals surface area contributed by atoms with Gasteiger partial charge in [-0.15, -0.1) is 0 Å². The molecule has 0 fully saturated rings. The van der Waals surface area contributed by atoms with Crippen molar-refractivity contribution in [1.29, 1.82) is 0 Å². The van der Waals surface area contributed by atoms with Gasteiger partial charge in [-0.3, -0.25) is 4.79 Å². The van der Waals surface area contributed by atoms with E-state index in [1.165, 1.54) is 28.6 Å². The van der Waals surface area contributed by atoms with E-state index in [2.05, 4.69) is 5.32 Å². The molecule has 2 aromatic rings. The van der Waals surface area contributed by atoms with Gasteiger partial charge in [0.15, 0.2) is 6.61 Å². The summed E-state index contributed by atoms with van der Waals surface area (Å²) in [6, 6.07) is 11.9. The molecule has 0 aliphatic carbocycles. The molecule has 0 heterocycles. The Morgan fingerprint density at radius 2 is 1.57 bits per heavy atom. The van der Waals surface area contributed by atoms with Gasteiger partial charge in [-0.1, -0.05) is 25.4 Å². The number of esters is 1. The third kappa shape index (κ3) is 5.54. The zero-order valence-electron chi connectivity index (χ0n) is 15.5. The van der Waals surface area contributed by atoms with E-state index in [9.17, 15) is 18.0 Å². The molecule has 0 atom stereocenters. The minimum atomic E-state index is -3.60. The Labute approximate surface area is 169 Å². The summed E-state index contributed by atoms with van der Waals surface area (Å²) in [6.45, 7) is 3.74. The van der Waals surface area contributed by atoms with Crippen molar-refractivity contribution >= 4 is 39.2 Å². The fourth-order valence-electron chi connectivity index (χ4n) is 2.42. The molecular formula is C19H21ClN2O5S. The maximum Gasteiger partial charge on any atom is 0.338 e. The lowest BCUT2D eigenvalue weighted by Crippen LogP contribution is -2.30. The van der Waals surface area contributed by atoms with E-state index in [0.717, 1.165) is 0 Å². The third-order valence-corrected chi connectivity index (χ3v) is 6.21. The Morgan fingerprint density at radius 3 is 2.11 bits per heavy atom. The van der Waals surface area contributed by atoms with Crippen LogP contribution in [-0.2, 0) is 19.6 Å². The third-order valence-electron chi connectivity index (χ3n) is 3.90. The van der Waals surface area contributed by atoms with Gasteiger partial charge in [0.25, 0.3) is 5.91 Å². The Balaban J connectivity index is 1.95. The number of carbonyl (C=O) groups excluding carboxylic acids is 2. The van der Waals surface area contributed by atoms with Crippen LogP contribution in [-0.4, -0.2) is 44.3 Å². The number of anilines is 1. The molecule has 0 radical (unpaired) electrons. The monoisotopic (exact) mass is 424 g/mol. The van der Waals surface area contributed by atoms with Crippen LogP contribution in [0.3, 0.4) is 0 Å². The van der Waals surface area contributed by atoms with Crippen LogP contribution in [0.1, 0.15) is 24.2 Å². The molecule has 0 aromatic heterocycles. The number of nitrogens with one attached hydrogen (secondary N) is 1. The van der Waals surface area contributed by atoms with E-state index in [0.29, 0.717) is 23.8 Å². The topological polar surface area (TPSA) is 92.8 Å². The van der Waals surface area contributed by atoms with Crippen LogP contribution in [0.4, 0.5) is 5.69 Å². The van der Waals surface area contributed by atoms with Crippen molar-refractivity contribution in [1.82, 2.24) is 4.31 Å². The molecule has 1 amide bonds. The van der Waals surface area contributed by atoms with E-state index >= 15 is 0 Å². The predicted octanol–water partition coefficient (Wildman–Crippen LogP) is 3.17. The minimum absolute atomic E-state index is 0.0910. The number of hydrogen-bond acceptors (Lipinski definition) is 5. The lowest BCUT2D eigenvalue weighted by Gasteiger charge is -2.18. The first-order valence-corrected chi connectivity index (χ1v) is 10.4. The van der Waals surface area contributed by atoms with Gasteiger partial charge in [0.2, 0.25) is 10.0 Å². The van der Waals surface area contributed by atoms with Crippen LogP contribution in [0.25, 0.3) is 0 Å². The van der Waals surface area contributed by atoms with Crippen LogP contribution >= 0.6 is 11.6 Å². The summed E-state index contributed by atoms with van der Waals surface area (Å²) in [7, 11) is -3.60. The summed E-state index contributed by atoms with van der Waals surface area (Å²) in [5.74, 6) is -1.23. The first kappa shape index (κ1) is 21.9. The fourth-order valence-corrected chi connectivity index (χ4v) is 4.00. The van der Waals surface area contributed by atoms with E-state index in [4.69, 9.17) is 16.3 Å². The lowest BCUT2D eigenvalue weighted by molar-refractivity contribution is -0.119. The average molecular weight is 425 g/mol. The number of amides is 1. The maximum absolute atomic E-state index is 12.4. The van der Waals surface area contributed by atoms with Gasteiger partial charge in [0, 0.05) is 23.8 Å². The van der Waals surface area contributed by atoms with Gasteiger partial charge in [-0.25, -0.2) is 13.2 Å². The van der Waals surface area contributed by atoms with Crippen molar-refractivity contribution < 1.29 is 22.7 Å². The van der Waals surface area contributed by atoms with Crippen molar-refractivity contribution in [3.63, 3.8) is 0 Å². The van der Waals surface area contributed by atoms with Gasteiger partial charge in [-0.05, 0) is 48.5 Å². The first-order chi connectivity index (χ1) is 13.3. The van der Waals surface area contributed by atoms with Crippen LogP contribution in [0.15, 0.2) is 53.4 Å². The number of benzene rings is 2. The molecule has 2 rings (SSSR count). The normalized spacial score (nSPS) is 11.3. The van der Waals surface area contributed by atoms with Crippen molar-refractivity contribution in [3.8, 4) is 0 Å². The van der Waals surface area contributed by atoms with Crippen LogP contribution in [0.5, 0.6) is 0 Å². The van der Waals surface area contributed by atoms with Crippen molar-refractivity contribution in [2.24, 2.45) is 0 Å². The summed E-state index contributed by atoms with van der Waals surface area (Å²) < 4.78 is 31.2. The summed E-state index contributed by atoms with van der Waals surface area (Å²) >= 11 is 5.77. The molecule has 0 spiro atoms. The van der Waals surface area contributed by atoms with Gasteiger partial charge >= 0.3 is 5.97 Å². The van der Waals surface area contributed by atoms with Crippen LogP contribution < -0.4 is 5.32 Å². The second-order valence-electron chi connectivity index (χ2n) is 5.74. The minimum Gasteiger partial charge on any atom is -0.452 e.